The molecule has 54 valence electrons. The highest BCUT2D eigenvalue weighted by atomic mass is 19.1. The predicted molar refractivity (Wildman–Crippen MR) is 38.3 cm³/mol. The number of hydrogen-bond donors (Lipinski definition) is 0. The van der Waals surface area contributed by atoms with Crippen molar-refractivity contribution in [3.05, 3.63) is 29.8 Å². The molecule has 0 N–H and O–H groups in total. The highest BCUT2D eigenvalue weighted by molar-refractivity contribution is 5.10. The lowest BCUT2D eigenvalue weighted by Crippen LogP contribution is -1.95. The quantitative estimate of drug-likeness (QED) is 0.582. The van der Waals surface area contributed by atoms with Crippen molar-refractivity contribution in [2.75, 3.05) is 0 Å². The summed E-state index contributed by atoms with van der Waals surface area (Å²) in [5.74, 6) is -0.0429. The second kappa shape index (κ2) is 2.78. The van der Waals surface area contributed by atoms with Crippen molar-refractivity contribution in [2.45, 2.75) is 19.8 Å². The van der Waals surface area contributed by atoms with Gasteiger partial charge in [0, 0.05) is 6.20 Å². The molecule has 0 radical (unpaired) electrons. The van der Waals surface area contributed by atoms with Crippen molar-refractivity contribution >= 4 is 0 Å². The number of nitrogens with zero attached hydrogens (tertiary/aromatic N) is 1. The molecule has 1 nitrogen and oxygen atoms in total. The Labute approximate surface area is 59.9 Å². The topological polar surface area (TPSA) is 12.9 Å². The molecule has 0 amide bonds. The van der Waals surface area contributed by atoms with Gasteiger partial charge in [-0.15, -0.1) is 0 Å². The van der Waals surface area contributed by atoms with Crippen molar-refractivity contribution in [1.29, 1.82) is 0 Å². The van der Waals surface area contributed by atoms with Gasteiger partial charge in [-0.25, -0.2) is 4.39 Å². The van der Waals surface area contributed by atoms with Gasteiger partial charge < -0.3 is 0 Å². The molecule has 0 aliphatic carbocycles. The van der Waals surface area contributed by atoms with Crippen LogP contribution in [0.25, 0.3) is 0 Å². The molecular formula is C8H10FN. The summed E-state index contributed by atoms with van der Waals surface area (Å²) in [6, 6.07) is 3.03. The lowest BCUT2D eigenvalue weighted by atomic mass is 10.1. The summed E-state index contributed by atoms with van der Waals surface area (Å²) < 4.78 is 12.8. The molecule has 0 spiro atoms. The smallest absolute Gasteiger partial charge is 0.144 e. The Morgan fingerprint density at radius 2 is 2.20 bits per heavy atom. The zero-order valence-corrected chi connectivity index (χ0v) is 6.13. The first-order chi connectivity index (χ1) is 4.72. The molecule has 0 aliphatic heterocycles. The largest absolute Gasteiger partial charge is 0.258 e. The zero-order valence-electron chi connectivity index (χ0n) is 6.13. The summed E-state index contributed by atoms with van der Waals surface area (Å²) in [6.45, 7) is 3.84. The van der Waals surface area contributed by atoms with Crippen LogP contribution in [0.3, 0.4) is 0 Å². The maximum absolute atomic E-state index is 12.8. The lowest BCUT2D eigenvalue weighted by Gasteiger charge is -2.02. The Balaban J connectivity index is 3.03. The average Bonchev–Trinajstić information content (AvgIpc) is 1.88. The molecular weight excluding hydrogens is 129 g/mol. The maximum atomic E-state index is 12.8. The van der Waals surface area contributed by atoms with Crippen LogP contribution in [0, 0.1) is 5.82 Å². The van der Waals surface area contributed by atoms with E-state index in [9.17, 15) is 4.39 Å². The van der Waals surface area contributed by atoms with E-state index in [-0.39, 0.29) is 11.7 Å². The van der Waals surface area contributed by atoms with Crippen LogP contribution in [0.2, 0.25) is 0 Å². The first kappa shape index (κ1) is 7.19. The van der Waals surface area contributed by atoms with Gasteiger partial charge in [0.15, 0.2) is 0 Å². The van der Waals surface area contributed by atoms with Crippen LogP contribution in [-0.4, -0.2) is 4.98 Å². The van der Waals surface area contributed by atoms with Crippen molar-refractivity contribution in [2.24, 2.45) is 0 Å². The fourth-order valence-corrected chi connectivity index (χ4v) is 0.823. The van der Waals surface area contributed by atoms with E-state index in [2.05, 4.69) is 4.98 Å². The molecule has 0 atom stereocenters. The van der Waals surface area contributed by atoms with Crippen LogP contribution in [-0.2, 0) is 0 Å². The van der Waals surface area contributed by atoms with Gasteiger partial charge in [0.25, 0.3) is 0 Å². The van der Waals surface area contributed by atoms with E-state index >= 15 is 0 Å². The molecule has 1 aromatic heterocycles. The van der Waals surface area contributed by atoms with Crippen LogP contribution >= 0.6 is 0 Å². The standard InChI is InChI=1S/C8H10FN/c1-6(2)8-7(9)4-3-5-10-8/h3-6H,1-2H3. The van der Waals surface area contributed by atoms with Crippen LogP contribution < -0.4 is 0 Å². The third-order valence-corrected chi connectivity index (χ3v) is 1.33. The lowest BCUT2D eigenvalue weighted by molar-refractivity contribution is 0.584. The van der Waals surface area contributed by atoms with Crippen LogP contribution in [0.1, 0.15) is 25.5 Å². The summed E-state index contributed by atoms with van der Waals surface area (Å²) in [5, 5.41) is 0. The summed E-state index contributed by atoms with van der Waals surface area (Å²) in [7, 11) is 0. The Morgan fingerprint density at radius 3 is 2.60 bits per heavy atom. The second-order valence-electron chi connectivity index (χ2n) is 2.53. The van der Waals surface area contributed by atoms with E-state index in [1.807, 2.05) is 13.8 Å². The Hall–Kier alpha value is -0.920. The third-order valence-electron chi connectivity index (χ3n) is 1.33. The second-order valence-corrected chi connectivity index (χ2v) is 2.53. The van der Waals surface area contributed by atoms with Crippen LogP contribution in [0.15, 0.2) is 18.3 Å². The SMILES string of the molecule is CC(C)c1ncccc1F. The van der Waals surface area contributed by atoms with E-state index in [0.29, 0.717) is 5.69 Å². The average molecular weight is 139 g/mol. The Morgan fingerprint density at radius 1 is 1.50 bits per heavy atom. The molecule has 2 heteroatoms. The van der Waals surface area contributed by atoms with E-state index in [1.54, 1.807) is 12.3 Å². The Bertz CT molecular complexity index is 220. The number of aromatic nitrogens is 1. The number of halogens is 1. The summed E-state index contributed by atoms with van der Waals surface area (Å²) in [5.41, 5.74) is 0.544. The molecule has 1 heterocycles. The van der Waals surface area contributed by atoms with Crippen LogP contribution in [0.5, 0.6) is 0 Å². The van der Waals surface area contributed by atoms with E-state index < -0.39 is 0 Å². The number of pyridine rings is 1. The van der Waals surface area contributed by atoms with Gasteiger partial charge in [-0.3, -0.25) is 4.98 Å². The molecule has 0 unspecified atom stereocenters. The molecule has 0 aliphatic rings. The third kappa shape index (κ3) is 1.32. The first-order valence-corrected chi connectivity index (χ1v) is 3.32. The van der Waals surface area contributed by atoms with E-state index in [1.165, 1.54) is 6.07 Å². The Kier molecular flexibility index (Phi) is 2.00. The van der Waals surface area contributed by atoms with Gasteiger partial charge in [-0.05, 0) is 18.1 Å². The fourth-order valence-electron chi connectivity index (χ4n) is 0.823. The summed E-state index contributed by atoms with van der Waals surface area (Å²) in [6.07, 6.45) is 1.61. The van der Waals surface area contributed by atoms with Gasteiger partial charge in [-0.2, -0.15) is 0 Å². The van der Waals surface area contributed by atoms with Gasteiger partial charge >= 0.3 is 0 Å². The minimum atomic E-state index is -0.211. The molecule has 10 heavy (non-hydrogen) atoms. The molecule has 0 saturated heterocycles. The summed E-state index contributed by atoms with van der Waals surface area (Å²) >= 11 is 0. The monoisotopic (exact) mass is 139 g/mol. The van der Waals surface area contributed by atoms with Crippen LogP contribution in [0.4, 0.5) is 4.39 Å². The van der Waals surface area contributed by atoms with Gasteiger partial charge in [0.2, 0.25) is 0 Å². The molecule has 0 saturated carbocycles. The normalized spacial score (nSPS) is 10.4. The van der Waals surface area contributed by atoms with Crippen molar-refractivity contribution in [1.82, 2.24) is 4.98 Å². The summed E-state index contributed by atoms with van der Waals surface area (Å²) in [4.78, 5) is 3.90. The number of rotatable bonds is 1. The maximum Gasteiger partial charge on any atom is 0.144 e. The predicted octanol–water partition coefficient (Wildman–Crippen LogP) is 2.34. The van der Waals surface area contributed by atoms with E-state index in [4.69, 9.17) is 0 Å². The van der Waals surface area contributed by atoms with Gasteiger partial charge in [0.1, 0.15) is 5.82 Å². The zero-order chi connectivity index (χ0) is 7.56. The highest BCUT2D eigenvalue weighted by Gasteiger charge is 2.04. The first-order valence-electron chi connectivity index (χ1n) is 3.32. The van der Waals surface area contributed by atoms with Crippen molar-refractivity contribution in [3.63, 3.8) is 0 Å². The fraction of sp³-hybridized carbons (Fsp3) is 0.375. The molecule has 1 aromatic rings. The van der Waals surface area contributed by atoms with Gasteiger partial charge in [-0.1, -0.05) is 13.8 Å². The highest BCUT2D eigenvalue weighted by Crippen LogP contribution is 2.13. The molecule has 1 rings (SSSR count). The molecule has 0 fully saturated rings. The molecule has 0 aromatic carbocycles. The van der Waals surface area contributed by atoms with Crippen molar-refractivity contribution < 1.29 is 4.39 Å². The number of hydrogen-bond acceptors (Lipinski definition) is 1. The molecule has 0 bridgehead atoms. The minimum absolute atomic E-state index is 0.168. The van der Waals surface area contributed by atoms with Crippen molar-refractivity contribution in [3.8, 4) is 0 Å². The van der Waals surface area contributed by atoms with E-state index in [0.717, 1.165) is 0 Å². The van der Waals surface area contributed by atoms with Gasteiger partial charge in [0.05, 0.1) is 5.69 Å². The minimum Gasteiger partial charge on any atom is -0.258 e.